The zero-order valence-electron chi connectivity index (χ0n) is 12.4. The minimum atomic E-state index is 0.499. The second-order valence-electron chi connectivity index (χ2n) is 5.42. The van der Waals surface area contributed by atoms with Gasteiger partial charge in [-0.2, -0.15) is 4.52 Å². The normalized spacial score (nSPS) is 18.3. The Bertz CT molecular complexity index is 574. The van der Waals surface area contributed by atoms with Gasteiger partial charge < -0.3 is 10.6 Å². The molecule has 21 heavy (non-hydrogen) atoms. The highest BCUT2D eigenvalue weighted by atomic mass is 15.5. The molecule has 0 radical (unpaired) electrons. The summed E-state index contributed by atoms with van der Waals surface area (Å²) in [6, 6.07) is 0.499. The van der Waals surface area contributed by atoms with Crippen molar-refractivity contribution in [1.29, 1.82) is 0 Å². The second kappa shape index (κ2) is 6.31. The maximum absolute atomic E-state index is 5.90. The summed E-state index contributed by atoms with van der Waals surface area (Å²) in [5.41, 5.74) is 6.58. The fraction of sp³-hybridized carbons (Fsp3) is 0.692. The Kier molecular flexibility index (Phi) is 4.26. The Hall–Kier alpha value is -1.80. The standard InChI is InChI=1S/C13H22N8/c1-2-3-11(8-14)19-4-6-20(7-5-19)13-10-15-9-12-16-17-18-21(12)13/h9-11H,2-8,14H2,1H3. The molecule has 0 spiro atoms. The first kappa shape index (κ1) is 14.2. The molecule has 0 aliphatic carbocycles. The van der Waals surface area contributed by atoms with E-state index in [0.717, 1.165) is 38.5 Å². The molecule has 3 rings (SSSR count). The molecular formula is C13H22N8. The topological polar surface area (TPSA) is 88.5 Å². The van der Waals surface area contributed by atoms with E-state index in [1.54, 1.807) is 10.7 Å². The maximum atomic E-state index is 5.90. The lowest BCUT2D eigenvalue weighted by Gasteiger charge is -2.39. The van der Waals surface area contributed by atoms with Gasteiger partial charge in [-0.15, -0.1) is 5.10 Å². The Morgan fingerprint density at radius 3 is 2.76 bits per heavy atom. The van der Waals surface area contributed by atoms with E-state index >= 15 is 0 Å². The zero-order valence-corrected chi connectivity index (χ0v) is 12.4. The number of rotatable bonds is 5. The van der Waals surface area contributed by atoms with Crippen molar-refractivity contribution in [2.45, 2.75) is 25.8 Å². The Morgan fingerprint density at radius 2 is 2.05 bits per heavy atom. The number of nitrogens with zero attached hydrogens (tertiary/aromatic N) is 7. The third-order valence-electron chi connectivity index (χ3n) is 4.14. The number of nitrogens with two attached hydrogens (primary N) is 1. The largest absolute Gasteiger partial charge is 0.353 e. The molecule has 1 atom stereocenters. The van der Waals surface area contributed by atoms with Crippen molar-refractivity contribution >= 4 is 11.5 Å². The van der Waals surface area contributed by atoms with Crippen LogP contribution in [0.25, 0.3) is 5.65 Å². The van der Waals surface area contributed by atoms with Crippen LogP contribution in [0.3, 0.4) is 0 Å². The maximum Gasteiger partial charge on any atom is 0.199 e. The van der Waals surface area contributed by atoms with Crippen LogP contribution in [0.2, 0.25) is 0 Å². The Morgan fingerprint density at radius 1 is 1.24 bits per heavy atom. The van der Waals surface area contributed by atoms with E-state index in [2.05, 4.69) is 37.2 Å². The van der Waals surface area contributed by atoms with Gasteiger partial charge >= 0.3 is 0 Å². The fourth-order valence-corrected chi connectivity index (χ4v) is 2.98. The first-order valence-corrected chi connectivity index (χ1v) is 7.54. The molecule has 0 amide bonds. The predicted octanol–water partition coefficient (Wildman–Crippen LogP) is -0.231. The molecule has 2 aromatic rings. The van der Waals surface area contributed by atoms with Gasteiger partial charge in [0.05, 0.1) is 12.4 Å². The zero-order chi connectivity index (χ0) is 14.7. The van der Waals surface area contributed by atoms with Crippen LogP contribution < -0.4 is 10.6 Å². The van der Waals surface area contributed by atoms with Crippen molar-refractivity contribution in [3.05, 3.63) is 12.4 Å². The van der Waals surface area contributed by atoms with Gasteiger partial charge in [-0.25, -0.2) is 0 Å². The Labute approximate surface area is 123 Å². The number of piperazine rings is 1. The number of hydrogen-bond acceptors (Lipinski definition) is 7. The lowest BCUT2D eigenvalue weighted by atomic mass is 10.1. The average molecular weight is 290 g/mol. The highest BCUT2D eigenvalue weighted by Crippen LogP contribution is 2.17. The van der Waals surface area contributed by atoms with Gasteiger partial charge in [0.25, 0.3) is 0 Å². The molecule has 114 valence electrons. The second-order valence-corrected chi connectivity index (χ2v) is 5.42. The minimum Gasteiger partial charge on any atom is -0.353 e. The SMILES string of the molecule is CCCC(CN)N1CCN(c2cncc3nnnn23)CC1. The lowest BCUT2D eigenvalue weighted by molar-refractivity contribution is 0.179. The molecule has 1 aliphatic rings. The van der Waals surface area contributed by atoms with Crippen LogP contribution in [0.1, 0.15) is 19.8 Å². The third-order valence-corrected chi connectivity index (χ3v) is 4.14. The van der Waals surface area contributed by atoms with Crippen molar-refractivity contribution in [3.8, 4) is 0 Å². The average Bonchev–Trinajstić information content (AvgIpc) is 3.01. The highest BCUT2D eigenvalue weighted by molar-refractivity contribution is 5.46. The molecule has 2 N–H and O–H groups in total. The van der Waals surface area contributed by atoms with Crippen LogP contribution in [0, 0.1) is 0 Å². The minimum absolute atomic E-state index is 0.499. The number of tetrazole rings is 1. The van der Waals surface area contributed by atoms with Crippen LogP contribution in [0.5, 0.6) is 0 Å². The van der Waals surface area contributed by atoms with E-state index in [1.165, 1.54) is 12.8 Å². The number of fused-ring (bicyclic) bond motifs is 1. The van der Waals surface area contributed by atoms with Crippen LogP contribution in [-0.4, -0.2) is 68.7 Å². The van der Waals surface area contributed by atoms with E-state index in [4.69, 9.17) is 5.73 Å². The van der Waals surface area contributed by atoms with E-state index in [9.17, 15) is 0 Å². The summed E-state index contributed by atoms with van der Waals surface area (Å²) in [6.45, 7) is 6.86. The highest BCUT2D eigenvalue weighted by Gasteiger charge is 2.24. The molecule has 1 saturated heterocycles. The molecule has 8 heteroatoms. The molecule has 1 unspecified atom stereocenters. The van der Waals surface area contributed by atoms with Gasteiger partial charge in [0.15, 0.2) is 11.5 Å². The van der Waals surface area contributed by atoms with E-state index in [-0.39, 0.29) is 0 Å². The van der Waals surface area contributed by atoms with Gasteiger partial charge in [0, 0.05) is 38.8 Å². The Balaban J connectivity index is 1.69. The molecule has 1 aliphatic heterocycles. The molecular weight excluding hydrogens is 268 g/mol. The number of aromatic nitrogens is 5. The molecule has 0 saturated carbocycles. The first-order chi connectivity index (χ1) is 10.3. The van der Waals surface area contributed by atoms with Crippen LogP contribution in [-0.2, 0) is 0 Å². The van der Waals surface area contributed by atoms with Crippen molar-refractivity contribution in [2.24, 2.45) is 5.73 Å². The summed E-state index contributed by atoms with van der Waals surface area (Å²) in [7, 11) is 0. The predicted molar refractivity (Wildman–Crippen MR) is 80.1 cm³/mol. The van der Waals surface area contributed by atoms with Gasteiger partial charge in [-0.1, -0.05) is 13.3 Å². The van der Waals surface area contributed by atoms with Crippen LogP contribution in [0.15, 0.2) is 12.4 Å². The van der Waals surface area contributed by atoms with Crippen molar-refractivity contribution < 1.29 is 0 Å². The monoisotopic (exact) mass is 290 g/mol. The molecule has 2 aromatic heterocycles. The van der Waals surface area contributed by atoms with E-state index in [0.29, 0.717) is 11.7 Å². The molecule has 1 fully saturated rings. The third kappa shape index (κ3) is 2.81. The smallest absolute Gasteiger partial charge is 0.199 e. The van der Waals surface area contributed by atoms with Gasteiger partial charge in [0.2, 0.25) is 0 Å². The summed E-state index contributed by atoms with van der Waals surface area (Å²) in [6.07, 6.45) is 5.84. The van der Waals surface area contributed by atoms with Gasteiger partial charge in [0.1, 0.15) is 0 Å². The molecule has 0 aromatic carbocycles. The van der Waals surface area contributed by atoms with Crippen LogP contribution in [0.4, 0.5) is 5.82 Å². The lowest BCUT2D eigenvalue weighted by Crippen LogP contribution is -2.52. The summed E-state index contributed by atoms with van der Waals surface area (Å²) in [5, 5.41) is 11.7. The first-order valence-electron chi connectivity index (χ1n) is 7.54. The van der Waals surface area contributed by atoms with Crippen molar-refractivity contribution in [1.82, 2.24) is 29.9 Å². The summed E-state index contributed by atoms with van der Waals surface area (Å²) in [4.78, 5) is 9.00. The number of hydrogen-bond donors (Lipinski definition) is 1. The molecule has 8 nitrogen and oxygen atoms in total. The van der Waals surface area contributed by atoms with Crippen molar-refractivity contribution in [2.75, 3.05) is 37.6 Å². The summed E-state index contributed by atoms with van der Waals surface area (Å²) >= 11 is 0. The number of anilines is 1. The van der Waals surface area contributed by atoms with Gasteiger partial charge in [-0.05, 0) is 16.8 Å². The van der Waals surface area contributed by atoms with Gasteiger partial charge in [-0.3, -0.25) is 9.88 Å². The van der Waals surface area contributed by atoms with E-state index < -0.39 is 0 Å². The summed E-state index contributed by atoms with van der Waals surface area (Å²) in [5.74, 6) is 0.955. The van der Waals surface area contributed by atoms with Crippen molar-refractivity contribution in [3.63, 3.8) is 0 Å². The summed E-state index contributed by atoms with van der Waals surface area (Å²) < 4.78 is 1.75. The molecule has 3 heterocycles. The molecule has 0 bridgehead atoms. The quantitative estimate of drug-likeness (QED) is 0.813. The van der Waals surface area contributed by atoms with Crippen LogP contribution >= 0.6 is 0 Å². The fourth-order valence-electron chi connectivity index (χ4n) is 2.98. The van der Waals surface area contributed by atoms with E-state index in [1.807, 2.05) is 6.20 Å².